The molecule has 2 aromatic rings. The van der Waals surface area contributed by atoms with Crippen LogP contribution in [0.1, 0.15) is 44.5 Å². The van der Waals surface area contributed by atoms with Gasteiger partial charge in [-0.3, -0.25) is 0 Å². The number of hydrogen-bond acceptors (Lipinski definition) is 0. The molecule has 0 nitrogen and oxygen atoms in total. The van der Waals surface area contributed by atoms with E-state index >= 15 is 0 Å². The van der Waals surface area contributed by atoms with Crippen molar-refractivity contribution in [3.63, 3.8) is 0 Å². The van der Waals surface area contributed by atoms with Gasteiger partial charge < -0.3 is 24.8 Å². The van der Waals surface area contributed by atoms with Crippen molar-refractivity contribution in [2.45, 2.75) is 55.4 Å². The number of aryl methyl sites for hydroxylation is 4. The minimum atomic E-state index is 0. The van der Waals surface area contributed by atoms with Gasteiger partial charge >= 0.3 is 39.9 Å². The van der Waals surface area contributed by atoms with Gasteiger partial charge in [0.2, 0.25) is 0 Å². The Morgan fingerprint density at radius 2 is 0.857 bits per heavy atom. The van der Waals surface area contributed by atoms with E-state index < -0.39 is 0 Å². The van der Waals surface area contributed by atoms with E-state index in [2.05, 4.69) is 67.5 Å². The Bertz CT molecular complexity index is 453. The van der Waals surface area contributed by atoms with Gasteiger partial charge in [0.25, 0.3) is 0 Å². The molecule has 0 atom stereocenters. The fraction of sp³-hybridized carbons (Fsp3) is 0.444. The summed E-state index contributed by atoms with van der Waals surface area (Å²) < 4.78 is 0. The topological polar surface area (TPSA) is 0 Å². The monoisotopic (exact) mass is 544 g/mol. The van der Waals surface area contributed by atoms with Crippen molar-refractivity contribution in [1.29, 1.82) is 0 Å². The third-order valence-electron chi connectivity index (χ3n) is 4.36. The first-order valence-corrected chi connectivity index (χ1v) is 6.65. The fourth-order valence-corrected chi connectivity index (χ4v) is 2.27. The van der Waals surface area contributed by atoms with Gasteiger partial charge in [0.15, 0.2) is 0 Å². The van der Waals surface area contributed by atoms with Crippen LogP contribution in [-0.4, -0.2) is 0 Å². The average Bonchev–Trinajstić information content (AvgIpc) is 2.66. The summed E-state index contributed by atoms with van der Waals surface area (Å²) in [4.78, 5) is 0. The summed E-state index contributed by atoms with van der Waals surface area (Å²) in [7, 11) is 0. The molecule has 0 spiro atoms. The Morgan fingerprint density at radius 3 is 0.905 bits per heavy atom. The predicted octanol–water partition coefficient (Wildman–Crippen LogP) is -0.714. The maximum absolute atomic E-state index is 2.24. The van der Waals surface area contributed by atoms with Crippen molar-refractivity contribution in [3.05, 3.63) is 56.6 Å². The van der Waals surface area contributed by atoms with Crippen LogP contribution < -0.4 is 24.8 Å². The molecule has 21 heavy (non-hydrogen) atoms. The van der Waals surface area contributed by atoms with Crippen LogP contribution in [0.5, 0.6) is 0 Å². The molecule has 0 aliphatic heterocycles. The van der Waals surface area contributed by atoms with E-state index in [-0.39, 0.29) is 64.8 Å². The zero-order valence-corrected chi connectivity index (χ0v) is 20.0. The van der Waals surface area contributed by atoms with Crippen molar-refractivity contribution < 1.29 is 64.8 Å². The van der Waals surface area contributed by atoms with Crippen LogP contribution in [0.3, 0.4) is 0 Å². The molecule has 0 radical (unpaired) electrons. The first-order chi connectivity index (χ1) is 8.25. The minimum absolute atomic E-state index is 0. The van der Waals surface area contributed by atoms with Crippen LogP contribution in [0.2, 0.25) is 0 Å². The second kappa shape index (κ2) is 11.2. The first-order valence-electron chi connectivity index (χ1n) is 6.65. The molecule has 0 aliphatic rings. The van der Waals surface area contributed by atoms with Crippen LogP contribution in [0.25, 0.3) is 0 Å². The van der Waals surface area contributed by atoms with Crippen LogP contribution in [0.15, 0.2) is 12.1 Å². The Labute approximate surface area is 175 Å². The third-order valence-corrected chi connectivity index (χ3v) is 4.36. The van der Waals surface area contributed by atoms with Crippen molar-refractivity contribution in [2.24, 2.45) is 0 Å². The SMILES string of the molecule is Cc1c[c-](C)c(C)c1C.Cc1c[c-](C)c(C)c1C.[Cl-].[Cl-].[Th+4]. The molecular weight excluding hydrogens is 519 g/mol. The number of hydrogen-bond donors (Lipinski definition) is 0. The molecule has 2 aromatic carbocycles. The smallest absolute Gasteiger partial charge is 1.00 e. The van der Waals surface area contributed by atoms with E-state index in [1.54, 1.807) is 0 Å². The van der Waals surface area contributed by atoms with E-state index in [4.69, 9.17) is 0 Å². The van der Waals surface area contributed by atoms with E-state index in [1.165, 1.54) is 44.5 Å². The quantitative estimate of drug-likeness (QED) is 0.384. The summed E-state index contributed by atoms with van der Waals surface area (Å²) in [6, 6.07) is 4.48. The molecule has 0 fully saturated rings. The van der Waals surface area contributed by atoms with Crippen molar-refractivity contribution >= 4 is 0 Å². The van der Waals surface area contributed by atoms with Crippen molar-refractivity contribution in [1.82, 2.24) is 0 Å². The van der Waals surface area contributed by atoms with E-state index in [1.807, 2.05) is 0 Å². The molecule has 0 N–H and O–H groups in total. The van der Waals surface area contributed by atoms with Gasteiger partial charge in [-0.1, -0.05) is 55.4 Å². The van der Waals surface area contributed by atoms with Crippen LogP contribution in [-0.2, 0) is 0 Å². The Morgan fingerprint density at radius 1 is 0.619 bits per heavy atom. The Kier molecular flexibility index (Phi) is 14.1. The number of rotatable bonds is 0. The van der Waals surface area contributed by atoms with Gasteiger partial charge in [0, 0.05) is 0 Å². The summed E-state index contributed by atoms with van der Waals surface area (Å²) in [6.07, 6.45) is 0. The van der Waals surface area contributed by atoms with E-state index in [9.17, 15) is 0 Å². The van der Waals surface area contributed by atoms with E-state index in [0.29, 0.717) is 0 Å². The Balaban J connectivity index is -0.000000270. The fourth-order valence-electron chi connectivity index (χ4n) is 2.27. The molecule has 2 rings (SSSR count). The van der Waals surface area contributed by atoms with Gasteiger partial charge in [-0.05, 0) is 0 Å². The zero-order valence-electron chi connectivity index (χ0n) is 14.4. The maximum atomic E-state index is 2.24. The van der Waals surface area contributed by atoms with Gasteiger partial charge in [-0.15, -0.1) is 0 Å². The summed E-state index contributed by atoms with van der Waals surface area (Å²) in [5.41, 5.74) is 11.5. The van der Waals surface area contributed by atoms with E-state index in [0.717, 1.165) is 0 Å². The molecular formula is C18H26Cl2Th. The van der Waals surface area contributed by atoms with Gasteiger partial charge in [-0.2, -0.15) is 56.6 Å². The molecule has 0 unspecified atom stereocenters. The maximum Gasteiger partial charge on any atom is 4.00 e. The summed E-state index contributed by atoms with van der Waals surface area (Å²) in [5, 5.41) is 0. The third kappa shape index (κ3) is 6.71. The largest absolute Gasteiger partial charge is 4.00 e. The first kappa shape index (κ1) is 26.5. The van der Waals surface area contributed by atoms with Gasteiger partial charge in [0.05, 0.1) is 0 Å². The summed E-state index contributed by atoms with van der Waals surface area (Å²) in [5.74, 6) is 0. The Hall–Kier alpha value is 0.605. The molecule has 0 aliphatic carbocycles. The second-order valence-electron chi connectivity index (χ2n) is 5.52. The van der Waals surface area contributed by atoms with Crippen LogP contribution >= 0.6 is 0 Å². The molecule has 0 saturated heterocycles. The normalized spacial score (nSPS) is 8.76. The second-order valence-corrected chi connectivity index (χ2v) is 5.52. The molecule has 116 valence electrons. The average molecular weight is 545 g/mol. The van der Waals surface area contributed by atoms with Gasteiger partial charge in [-0.25, -0.2) is 0 Å². The molecule has 0 amide bonds. The van der Waals surface area contributed by atoms with Gasteiger partial charge in [0.1, 0.15) is 0 Å². The van der Waals surface area contributed by atoms with Crippen molar-refractivity contribution in [2.75, 3.05) is 0 Å². The summed E-state index contributed by atoms with van der Waals surface area (Å²) >= 11 is 0. The minimum Gasteiger partial charge on any atom is -1.00 e. The standard InChI is InChI=1S/2C9H13.2ClH.Th/c2*1-6-5-7(2)9(4)8(6)3;;;/h2*5H,1-4H3;2*1H;/q2*-1;;;+4/p-2. The van der Waals surface area contributed by atoms with Crippen LogP contribution in [0, 0.1) is 95.3 Å². The molecule has 3 heteroatoms. The van der Waals surface area contributed by atoms with Crippen LogP contribution in [0.4, 0.5) is 0 Å². The summed E-state index contributed by atoms with van der Waals surface area (Å²) in [6.45, 7) is 17.4. The molecule has 0 aromatic heterocycles. The molecule has 0 saturated carbocycles. The van der Waals surface area contributed by atoms with Crippen molar-refractivity contribution in [3.8, 4) is 0 Å². The predicted molar refractivity (Wildman–Crippen MR) is 82.0 cm³/mol. The zero-order chi connectivity index (χ0) is 14.0. The molecule has 0 bridgehead atoms. The number of halogens is 2. The molecule has 0 heterocycles.